The predicted octanol–water partition coefficient (Wildman–Crippen LogP) is 2.84. The largest absolute Gasteiger partial charge is 0.395 e. The zero-order chi connectivity index (χ0) is 20.5. The molecule has 0 spiro atoms. The van der Waals surface area contributed by atoms with Gasteiger partial charge in [0.05, 0.1) is 13.2 Å². The Kier molecular flexibility index (Phi) is 7.84. The Hall–Kier alpha value is -2.64. The topological polar surface area (TPSA) is 87.3 Å². The van der Waals surface area contributed by atoms with Crippen molar-refractivity contribution in [2.24, 2.45) is 0 Å². The predicted molar refractivity (Wildman–Crippen MR) is 119 cm³/mol. The Morgan fingerprint density at radius 3 is 2.07 bits per heavy atom. The number of fused-ring (bicyclic) bond motifs is 2. The summed E-state index contributed by atoms with van der Waals surface area (Å²) in [5.74, 6) is 0. The van der Waals surface area contributed by atoms with E-state index in [0.717, 1.165) is 13.1 Å². The van der Waals surface area contributed by atoms with E-state index in [2.05, 4.69) is 62.6 Å². The second-order valence-electron chi connectivity index (χ2n) is 7.08. The number of aliphatic hydroxyl groups is 2. The second-order valence-corrected chi connectivity index (χ2v) is 7.08. The van der Waals surface area contributed by atoms with Crippen molar-refractivity contribution in [3.05, 3.63) is 72.1 Å². The van der Waals surface area contributed by atoms with Gasteiger partial charge in [0.15, 0.2) is 0 Å². The summed E-state index contributed by atoms with van der Waals surface area (Å²) < 4.78 is 0. The van der Waals surface area contributed by atoms with E-state index in [1.807, 2.05) is 25.5 Å². The number of aromatic amines is 2. The Morgan fingerprint density at radius 2 is 1.45 bits per heavy atom. The van der Waals surface area contributed by atoms with Crippen molar-refractivity contribution < 1.29 is 10.2 Å². The van der Waals surface area contributed by atoms with Crippen LogP contribution in [0.1, 0.15) is 11.1 Å². The fourth-order valence-corrected chi connectivity index (χ4v) is 3.42. The zero-order valence-electron chi connectivity index (χ0n) is 16.9. The summed E-state index contributed by atoms with van der Waals surface area (Å²) in [4.78, 5) is 8.57. The van der Waals surface area contributed by atoms with Crippen molar-refractivity contribution in [1.82, 2.24) is 20.2 Å². The van der Waals surface area contributed by atoms with Gasteiger partial charge in [-0.2, -0.15) is 0 Å². The molecule has 4 aromatic rings. The fraction of sp³-hybridized carbons (Fsp3) is 0.304. The van der Waals surface area contributed by atoms with Crippen LogP contribution in [0.5, 0.6) is 0 Å². The van der Waals surface area contributed by atoms with Crippen LogP contribution in [0.2, 0.25) is 0 Å². The van der Waals surface area contributed by atoms with Crippen molar-refractivity contribution in [2.75, 3.05) is 33.4 Å². The smallest absolute Gasteiger partial charge is 0.0558 e. The second kappa shape index (κ2) is 10.8. The first-order valence-electron chi connectivity index (χ1n) is 9.94. The Bertz CT molecular complexity index is 1010. The third-order valence-electron chi connectivity index (χ3n) is 4.87. The van der Waals surface area contributed by atoms with E-state index in [0.29, 0.717) is 13.1 Å². The summed E-state index contributed by atoms with van der Waals surface area (Å²) in [6.07, 6.45) is 3.90. The van der Waals surface area contributed by atoms with Crippen LogP contribution in [0.3, 0.4) is 0 Å². The summed E-state index contributed by atoms with van der Waals surface area (Å²) >= 11 is 0. The fourth-order valence-electron chi connectivity index (χ4n) is 3.42. The number of nitrogens with one attached hydrogen (secondary N) is 3. The first kappa shape index (κ1) is 21.1. The number of hydrogen-bond donors (Lipinski definition) is 5. The molecule has 2 heterocycles. The van der Waals surface area contributed by atoms with Crippen molar-refractivity contribution in [2.45, 2.75) is 13.1 Å². The molecule has 154 valence electrons. The molecule has 0 saturated heterocycles. The van der Waals surface area contributed by atoms with Crippen molar-refractivity contribution in [3.63, 3.8) is 0 Å². The first-order chi connectivity index (χ1) is 14.2. The first-order valence-corrected chi connectivity index (χ1v) is 9.94. The van der Waals surface area contributed by atoms with Crippen LogP contribution < -0.4 is 5.32 Å². The molecular weight excluding hydrogens is 364 g/mol. The van der Waals surface area contributed by atoms with Crippen LogP contribution in [0.4, 0.5) is 0 Å². The van der Waals surface area contributed by atoms with Gasteiger partial charge in [0, 0.05) is 49.6 Å². The number of benzene rings is 2. The summed E-state index contributed by atoms with van der Waals surface area (Å²) in [7, 11) is 2.01. The SMILES string of the molecule is CN(CCO)Cc1cccc2cc[nH]c12.OCCNCc1cccc2cc[nH]c12. The lowest BCUT2D eigenvalue weighted by atomic mass is 10.1. The molecule has 0 amide bonds. The molecular formula is C23H30N4O2. The van der Waals surface area contributed by atoms with Gasteiger partial charge < -0.3 is 25.5 Å². The molecule has 0 bridgehead atoms. The zero-order valence-corrected chi connectivity index (χ0v) is 16.9. The Labute approximate surface area is 171 Å². The number of aromatic nitrogens is 2. The van der Waals surface area contributed by atoms with Crippen LogP contribution in [-0.2, 0) is 13.1 Å². The van der Waals surface area contributed by atoms with Gasteiger partial charge in [0.25, 0.3) is 0 Å². The highest BCUT2D eigenvalue weighted by Gasteiger charge is 2.04. The Balaban J connectivity index is 0.000000166. The number of H-pyrrole nitrogens is 2. The highest BCUT2D eigenvalue weighted by molar-refractivity contribution is 5.83. The molecule has 0 atom stereocenters. The molecule has 0 fully saturated rings. The van der Waals surface area contributed by atoms with Gasteiger partial charge in [-0.15, -0.1) is 0 Å². The van der Waals surface area contributed by atoms with Crippen molar-refractivity contribution in [1.29, 1.82) is 0 Å². The van der Waals surface area contributed by atoms with E-state index in [1.54, 1.807) is 0 Å². The van der Waals surface area contributed by atoms with Crippen molar-refractivity contribution >= 4 is 21.8 Å². The van der Waals surface area contributed by atoms with Crippen LogP contribution >= 0.6 is 0 Å². The lowest BCUT2D eigenvalue weighted by Crippen LogP contribution is -2.21. The number of nitrogens with zero attached hydrogens (tertiary/aromatic N) is 1. The van der Waals surface area contributed by atoms with E-state index in [9.17, 15) is 0 Å². The number of likely N-dealkylation sites (N-methyl/N-ethyl adjacent to an activating group) is 1. The minimum absolute atomic E-state index is 0.181. The minimum atomic E-state index is 0.181. The molecule has 0 radical (unpaired) electrons. The quantitative estimate of drug-likeness (QED) is 0.298. The van der Waals surface area contributed by atoms with Gasteiger partial charge in [-0.1, -0.05) is 36.4 Å². The lowest BCUT2D eigenvalue weighted by molar-refractivity contribution is 0.217. The summed E-state index contributed by atoms with van der Waals surface area (Å²) in [5.41, 5.74) is 4.88. The maximum atomic E-state index is 8.84. The molecule has 2 aromatic heterocycles. The van der Waals surface area contributed by atoms with Gasteiger partial charge in [0.1, 0.15) is 0 Å². The van der Waals surface area contributed by atoms with E-state index in [4.69, 9.17) is 10.2 Å². The molecule has 4 rings (SSSR count). The summed E-state index contributed by atoms with van der Waals surface area (Å²) in [5, 5.41) is 23.1. The molecule has 0 aliphatic rings. The monoisotopic (exact) mass is 394 g/mol. The lowest BCUT2D eigenvalue weighted by Gasteiger charge is -2.15. The molecule has 29 heavy (non-hydrogen) atoms. The standard InChI is InChI=1S/C12H16N2O.C11H14N2O/c1-14(7-8-15)9-11-4-2-3-10-5-6-13-12(10)11;14-7-6-12-8-10-3-1-2-9-4-5-13-11(9)10/h2-6,13,15H,7-9H2,1H3;1-5,12-14H,6-8H2. The molecule has 6 heteroatoms. The van der Waals surface area contributed by atoms with Gasteiger partial charge in [0.2, 0.25) is 0 Å². The minimum Gasteiger partial charge on any atom is -0.395 e. The third-order valence-corrected chi connectivity index (χ3v) is 4.87. The number of para-hydroxylation sites is 2. The number of hydrogen-bond acceptors (Lipinski definition) is 4. The molecule has 0 unspecified atom stereocenters. The van der Waals surface area contributed by atoms with Crippen LogP contribution in [-0.4, -0.2) is 58.4 Å². The summed E-state index contributed by atoms with van der Waals surface area (Å²) in [6, 6.07) is 16.6. The third kappa shape index (κ3) is 5.68. The van der Waals surface area contributed by atoms with Gasteiger partial charge >= 0.3 is 0 Å². The van der Waals surface area contributed by atoms with Gasteiger partial charge in [-0.05, 0) is 41.1 Å². The van der Waals surface area contributed by atoms with Gasteiger partial charge in [-0.25, -0.2) is 0 Å². The van der Waals surface area contributed by atoms with Crippen LogP contribution in [0.15, 0.2) is 60.9 Å². The number of aliphatic hydroxyl groups excluding tert-OH is 2. The highest BCUT2D eigenvalue weighted by Crippen LogP contribution is 2.18. The van der Waals surface area contributed by atoms with E-state index < -0.39 is 0 Å². The number of rotatable bonds is 8. The van der Waals surface area contributed by atoms with E-state index in [-0.39, 0.29) is 13.2 Å². The van der Waals surface area contributed by atoms with Crippen molar-refractivity contribution in [3.8, 4) is 0 Å². The molecule has 0 aliphatic heterocycles. The summed E-state index contributed by atoms with van der Waals surface area (Å²) in [6.45, 7) is 3.38. The van der Waals surface area contributed by atoms with E-state index >= 15 is 0 Å². The molecule has 0 saturated carbocycles. The maximum Gasteiger partial charge on any atom is 0.0558 e. The molecule has 2 aromatic carbocycles. The molecule has 6 nitrogen and oxygen atoms in total. The Morgan fingerprint density at radius 1 is 0.828 bits per heavy atom. The maximum absolute atomic E-state index is 8.84. The highest BCUT2D eigenvalue weighted by atomic mass is 16.3. The molecule has 0 aliphatic carbocycles. The van der Waals surface area contributed by atoms with E-state index in [1.165, 1.54) is 32.9 Å². The van der Waals surface area contributed by atoms with Crippen LogP contribution in [0, 0.1) is 0 Å². The molecule has 5 N–H and O–H groups in total. The average Bonchev–Trinajstić information content (AvgIpc) is 3.39. The average molecular weight is 395 g/mol. The normalized spacial score (nSPS) is 11.2. The van der Waals surface area contributed by atoms with Crippen LogP contribution in [0.25, 0.3) is 21.8 Å². The van der Waals surface area contributed by atoms with Gasteiger partial charge in [-0.3, -0.25) is 4.90 Å².